The molecule has 1 N–H and O–H groups in total. The van der Waals surface area contributed by atoms with E-state index >= 15 is 0 Å². The lowest BCUT2D eigenvalue weighted by Gasteiger charge is -2.23. The smallest absolute Gasteiger partial charge is 0.304 e. The zero-order chi connectivity index (χ0) is 15.9. The Hall–Kier alpha value is -1.51. The first-order chi connectivity index (χ1) is 9.81. The summed E-state index contributed by atoms with van der Waals surface area (Å²) in [6.07, 6.45) is 2.83. The summed E-state index contributed by atoms with van der Waals surface area (Å²) in [5.74, 6) is -1.51. The predicted molar refractivity (Wildman–Crippen MR) is 79.2 cm³/mol. The van der Waals surface area contributed by atoms with E-state index in [9.17, 15) is 13.2 Å². The number of likely N-dealkylation sites (N-methyl/N-ethyl adjacent to an activating group) is 1. The van der Waals surface area contributed by atoms with Gasteiger partial charge in [-0.25, -0.2) is 8.42 Å². The number of hydrogen-bond donors (Lipinski definition) is 1. The third-order valence-corrected chi connectivity index (χ3v) is 4.66. The monoisotopic (exact) mass is 315 g/mol. The number of carboxylic acids is 1. The fourth-order valence-corrected chi connectivity index (χ4v) is 3.07. The van der Waals surface area contributed by atoms with Crippen LogP contribution >= 0.6 is 0 Å². The van der Waals surface area contributed by atoms with Gasteiger partial charge in [0.05, 0.1) is 12.2 Å². The number of carbonyl (C=O) groups is 1. The highest BCUT2D eigenvalue weighted by Crippen LogP contribution is 2.10. The molecule has 0 aliphatic carbocycles. The Morgan fingerprint density at radius 3 is 2.57 bits per heavy atom. The van der Waals surface area contributed by atoms with Crippen molar-refractivity contribution < 1.29 is 18.3 Å². The van der Waals surface area contributed by atoms with Crippen LogP contribution in [-0.2, 0) is 21.4 Å². The molecule has 0 fully saturated rings. The van der Waals surface area contributed by atoms with Gasteiger partial charge in [0.1, 0.15) is 0 Å². The highest BCUT2D eigenvalue weighted by atomic mass is 32.2. The van der Waals surface area contributed by atoms with Crippen molar-refractivity contribution in [2.75, 3.05) is 32.9 Å². The molecule has 1 heterocycles. The SMILES string of the molecule is CN(C)CCN(Cc1cccnc1)S(=O)(=O)CCC(=O)O. The van der Waals surface area contributed by atoms with Crippen LogP contribution in [0.3, 0.4) is 0 Å². The van der Waals surface area contributed by atoms with Crippen molar-refractivity contribution in [1.82, 2.24) is 14.2 Å². The second-order valence-corrected chi connectivity index (χ2v) is 7.05. The van der Waals surface area contributed by atoms with Crippen molar-refractivity contribution in [3.63, 3.8) is 0 Å². The van der Waals surface area contributed by atoms with Gasteiger partial charge in [-0.2, -0.15) is 4.31 Å². The maximum Gasteiger partial charge on any atom is 0.304 e. The number of aromatic nitrogens is 1. The van der Waals surface area contributed by atoms with E-state index in [1.165, 1.54) is 4.31 Å². The van der Waals surface area contributed by atoms with Gasteiger partial charge in [0, 0.05) is 32.0 Å². The summed E-state index contributed by atoms with van der Waals surface area (Å²) in [6, 6.07) is 3.53. The summed E-state index contributed by atoms with van der Waals surface area (Å²) in [7, 11) is 0.0933. The highest BCUT2D eigenvalue weighted by molar-refractivity contribution is 7.89. The molecule has 0 saturated carbocycles. The van der Waals surface area contributed by atoms with Crippen LogP contribution in [0, 0.1) is 0 Å². The molecule has 0 amide bonds. The van der Waals surface area contributed by atoms with Gasteiger partial charge in [-0.1, -0.05) is 6.07 Å². The molecule has 0 unspecified atom stereocenters. The number of rotatable bonds is 9. The fourth-order valence-electron chi connectivity index (χ4n) is 1.67. The predicted octanol–water partition coefficient (Wildman–Crippen LogP) is 0.250. The lowest BCUT2D eigenvalue weighted by atomic mass is 10.3. The maximum absolute atomic E-state index is 12.3. The second-order valence-electron chi connectivity index (χ2n) is 4.96. The topological polar surface area (TPSA) is 90.8 Å². The van der Waals surface area contributed by atoms with Gasteiger partial charge in [-0.15, -0.1) is 0 Å². The van der Waals surface area contributed by atoms with Crippen LogP contribution in [0.25, 0.3) is 0 Å². The van der Waals surface area contributed by atoms with E-state index in [1.54, 1.807) is 24.5 Å². The van der Waals surface area contributed by atoms with E-state index in [-0.39, 0.29) is 6.54 Å². The second kappa shape index (κ2) is 8.06. The van der Waals surface area contributed by atoms with Gasteiger partial charge in [0.25, 0.3) is 0 Å². The first-order valence-corrected chi connectivity index (χ1v) is 8.15. The quantitative estimate of drug-likeness (QED) is 0.702. The van der Waals surface area contributed by atoms with Gasteiger partial charge in [0.15, 0.2) is 0 Å². The van der Waals surface area contributed by atoms with Crippen LogP contribution in [0.5, 0.6) is 0 Å². The standard InChI is InChI=1S/C13H21N3O4S/c1-15(2)7-8-16(11-12-4-3-6-14-10-12)21(19,20)9-5-13(17)18/h3-4,6,10H,5,7-9,11H2,1-2H3,(H,17,18). The first-order valence-electron chi connectivity index (χ1n) is 6.54. The molecule has 0 bridgehead atoms. The molecule has 0 radical (unpaired) electrons. The minimum atomic E-state index is -3.61. The molecular formula is C13H21N3O4S. The van der Waals surface area contributed by atoms with Crippen LogP contribution in [-0.4, -0.2) is 66.6 Å². The Balaban J connectivity index is 2.82. The van der Waals surface area contributed by atoms with Crippen molar-refractivity contribution in [1.29, 1.82) is 0 Å². The largest absolute Gasteiger partial charge is 0.481 e. The van der Waals surface area contributed by atoms with Crippen molar-refractivity contribution >= 4 is 16.0 Å². The molecular weight excluding hydrogens is 294 g/mol. The number of hydrogen-bond acceptors (Lipinski definition) is 5. The summed E-state index contributed by atoms with van der Waals surface area (Å²) < 4.78 is 25.9. The average Bonchev–Trinajstić information content (AvgIpc) is 2.42. The van der Waals surface area contributed by atoms with Crippen molar-refractivity contribution in [2.45, 2.75) is 13.0 Å². The van der Waals surface area contributed by atoms with E-state index in [2.05, 4.69) is 4.98 Å². The molecule has 118 valence electrons. The van der Waals surface area contributed by atoms with Gasteiger partial charge >= 0.3 is 5.97 Å². The Kier molecular flexibility index (Phi) is 6.73. The number of aliphatic carboxylic acids is 1. The molecule has 0 spiro atoms. The van der Waals surface area contributed by atoms with E-state index in [0.29, 0.717) is 13.1 Å². The Labute approximate surface area is 125 Å². The number of nitrogens with zero attached hydrogens (tertiary/aromatic N) is 3. The molecule has 0 aliphatic rings. The van der Waals surface area contributed by atoms with E-state index in [0.717, 1.165) is 5.56 Å². The molecule has 0 saturated heterocycles. The van der Waals surface area contributed by atoms with Crippen LogP contribution in [0.2, 0.25) is 0 Å². The minimum absolute atomic E-state index is 0.198. The summed E-state index contributed by atoms with van der Waals surface area (Å²) in [4.78, 5) is 16.4. The molecule has 8 heteroatoms. The molecule has 1 rings (SSSR count). The average molecular weight is 315 g/mol. The molecule has 0 aliphatic heterocycles. The van der Waals surface area contributed by atoms with Gasteiger partial charge < -0.3 is 10.0 Å². The Bertz CT molecular complexity index is 546. The van der Waals surface area contributed by atoms with Crippen LogP contribution < -0.4 is 0 Å². The molecule has 0 atom stereocenters. The molecule has 7 nitrogen and oxygen atoms in total. The number of pyridine rings is 1. The third-order valence-electron chi connectivity index (χ3n) is 2.85. The maximum atomic E-state index is 12.3. The zero-order valence-electron chi connectivity index (χ0n) is 12.3. The van der Waals surface area contributed by atoms with Gasteiger partial charge in [-0.3, -0.25) is 9.78 Å². The normalized spacial score (nSPS) is 12.0. The highest BCUT2D eigenvalue weighted by Gasteiger charge is 2.23. The molecule has 1 aromatic heterocycles. The van der Waals surface area contributed by atoms with E-state index < -0.39 is 28.2 Å². The zero-order valence-corrected chi connectivity index (χ0v) is 13.1. The minimum Gasteiger partial charge on any atom is -0.481 e. The third kappa shape index (κ3) is 6.65. The lowest BCUT2D eigenvalue weighted by molar-refractivity contribution is -0.136. The Morgan fingerprint density at radius 1 is 1.33 bits per heavy atom. The van der Waals surface area contributed by atoms with Crippen LogP contribution in [0.4, 0.5) is 0 Å². The molecule has 0 aromatic carbocycles. The first kappa shape index (κ1) is 17.5. The lowest BCUT2D eigenvalue weighted by Crippen LogP contribution is -2.38. The number of carboxylic acid groups (broad SMARTS) is 1. The van der Waals surface area contributed by atoms with Gasteiger partial charge in [0.2, 0.25) is 10.0 Å². The molecule has 21 heavy (non-hydrogen) atoms. The summed E-state index contributed by atoms with van der Waals surface area (Å²) in [5.41, 5.74) is 0.773. The van der Waals surface area contributed by atoms with E-state index in [4.69, 9.17) is 5.11 Å². The molecule has 1 aromatic rings. The van der Waals surface area contributed by atoms with Crippen LogP contribution in [0.15, 0.2) is 24.5 Å². The number of sulfonamides is 1. The Morgan fingerprint density at radius 2 is 2.05 bits per heavy atom. The van der Waals surface area contributed by atoms with Gasteiger partial charge in [-0.05, 0) is 25.7 Å². The summed E-state index contributed by atoms with van der Waals surface area (Å²) in [5, 5.41) is 8.67. The summed E-state index contributed by atoms with van der Waals surface area (Å²) in [6.45, 7) is 1.07. The van der Waals surface area contributed by atoms with E-state index in [1.807, 2.05) is 19.0 Å². The van der Waals surface area contributed by atoms with Crippen LogP contribution in [0.1, 0.15) is 12.0 Å². The van der Waals surface area contributed by atoms with Crippen molar-refractivity contribution in [3.8, 4) is 0 Å². The fraction of sp³-hybridized carbons (Fsp3) is 0.538. The summed E-state index contributed by atoms with van der Waals surface area (Å²) >= 11 is 0. The van der Waals surface area contributed by atoms with Crippen molar-refractivity contribution in [2.24, 2.45) is 0 Å². The van der Waals surface area contributed by atoms with Crippen molar-refractivity contribution in [3.05, 3.63) is 30.1 Å².